The molecule has 1 aliphatic carbocycles. The first-order valence-electron chi connectivity index (χ1n) is 20.5. The Morgan fingerprint density at radius 1 is 0.610 bits per heavy atom. The first-order chi connectivity index (χ1) is 29.0. The Morgan fingerprint density at radius 2 is 1.36 bits per heavy atom. The molecule has 0 amide bonds. The number of allylic oxidation sites excluding steroid dienone is 4. The molecule has 2 aliphatic heterocycles. The van der Waals surface area contributed by atoms with E-state index in [9.17, 15) is 0 Å². The second-order valence-electron chi connectivity index (χ2n) is 16.6. The van der Waals surface area contributed by atoms with Crippen molar-refractivity contribution in [1.29, 1.82) is 0 Å². The van der Waals surface area contributed by atoms with Crippen LogP contribution in [0.3, 0.4) is 0 Å². The molecule has 282 valence electrons. The Hall–Kier alpha value is -6.47. The van der Waals surface area contributed by atoms with Gasteiger partial charge in [0, 0.05) is 62.1 Å². The van der Waals surface area contributed by atoms with Gasteiger partial charge in [0.1, 0.15) is 11.5 Å². The predicted molar refractivity (Wildman–Crippen MR) is 245 cm³/mol. The van der Waals surface area contributed by atoms with E-state index in [1.807, 2.05) is 24.2 Å². The summed E-state index contributed by atoms with van der Waals surface area (Å²) in [6.07, 6.45) is 13.5. The van der Waals surface area contributed by atoms with Crippen LogP contribution in [0, 0.1) is 0 Å². The van der Waals surface area contributed by atoms with E-state index in [1.165, 1.54) is 69.2 Å². The molecular formula is C53H40N4SSi. The summed E-state index contributed by atoms with van der Waals surface area (Å²) in [6.45, 7) is 4.73. The summed E-state index contributed by atoms with van der Waals surface area (Å²) in [5.74, 6) is 1.40. The maximum Gasteiger partial charge on any atom is 0.179 e. The molecule has 0 spiro atoms. The van der Waals surface area contributed by atoms with Gasteiger partial charge in [0.15, 0.2) is 8.07 Å². The second-order valence-corrected chi connectivity index (χ2v) is 21.5. The van der Waals surface area contributed by atoms with Gasteiger partial charge in [-0.05, 0) is 86.0 Å². The zero-order chi connectivity index (χ0) is 39.3. The van der Waals surface area contributed by atoms with Gasteiger partial charge in [-0.2, -0.15) is 0 Å². The smallest absolute Gasteiger partial charge is 0.179 e. The van der Waals surface area contributed by atoms with E-state index in [-0.39, 0.29) is 17.3 Å². The molecule has 59 heavy (non-hydrogen) atoms. The highest BCUT2D eigenvalue weighted by Crippen LogP contribution is 2.51. The molecular weight excluding hydrogens is 753 g/mol. The first-order valence-corrected chi connectivity index (χ1v) is 23.3. The number of benzene rings is 6. The van der Waals surface area contributed by atoms with Gasteiger partial charge in [-0.1, -0.05) is 153 Å². The molecule has 5 heterocycles. The SMILES string of the molecule is CC1(C)c2ccccc2Sc2cc3c(cc21)c1cccnc1n3-c1cccc([Si](C2=CC3c4nccn4-c4ccccc4C3C=C2)(c2ccccc2)c2ccccc2)c1. The van der Waals surface area contributed by atoms with E-state index in [4.69, 9.17) is 9.97 Å². The van der Waals surface area contributed by atoms with Crippen molar-refractivity contribution in [3.05, 3.63) is 222 Å². The lowest BCUT2D eigenvalue weighted by atomic mass is 9.77. The Bertz CT molecular complexity index is 3150. The van der Waals surface area contributed by atoms with E-state index in [0.717, 1.165) is 17.2 Å². The molecule has 6 heteroatoms. The van der Waals surface area contributed by atoms with Crippen molar-refractivity contribution in [1.82, 2.24) is 19.1 Å². The Kier molecular flexibility index (Phi) is 7.62. The zero-order valence-corrected chi connectivity index (χ0v) is 34.6. The topological polar surface area (TPSA) is 35.6 Å². The fraction of sp³-hybridized carbons (Fsp3) is 0.0943. The molecule has 2 unspecified atom stereocenters. The average Bonchev–Trinajstić information content (AvgIpc) is 3.91. The molecule has 9 aromatic rings. The zero-order valence-electron chi connectivity index (χ0n) is 32.8. The standard InChI is InChI=1S/C53H40N4SSi/c1-53(2)45-23-10-12-25-49(45)58-50-34-48-43(33-46(50)53)42-22-14-28-54-52(42)57(48)35-15-13-20-38(31-35)59(36-16-5-3-6-17-36,37-18-7-4-8-19-37)39-26-27-40-41-21-9-11-24-47(41)56-30-29-55-51(56)44(40)32-39/h3-34,40,44H,1-2H3. The lowest BCUT2D eigenvalue weighted by molar-refractivity contribution is 0.608. The van der Waals surface area contributed by atoms with Crippen LogP contribution >= 0.6 is 11.8 Å². The third kappa shape index (κ3) is 4.97. The summed E-state index contributed by atoms with van der Waals surface area (Å²) in [4.78, 5) is 12.8. The largest absolute Gasteiger partial charge is 0.303 e. The fourth-order valence-corrected chi connectivity index (χ4v) is 16.8. The van der Waals surface area contributed by atoms with E-state index in [1.54, 1.807) is 0 Å². The molecule has 4 nitrogen and oxygen atoms in total. The maximum atomic E-state index is 5.11. The van der Waals surface area contributed by atoms with Crippen LogP contribution in [0.25, 0.3) is 33.3 Å². The number of fused-ring (bicyclic) bond motifs is 11. The van der Waals surface area contributed by atoms with Crippen molar-refractivity contribution in [2.45, 2.75) is 40.9 Å². The number of aromatic nitrogens is 4. The van der Waals surface area contributed by atoms with Crippen LogP contribution in [0.15, 0.2) is 210 Å². The van der Waals surface area contributed by atoms with Crippen LogP contribution < -0.4 is 15.6 Å². The minimum atomic E-state index is -2.95. The van der Waals surface area contributed by atoms with E-state index in [0.29, 0.717) is 0 Å². The van der Waals surface area contributed by atoms with Gasteiger partial charge in [-0.15, -0.1) is 0 Å². The van der Waals surface area contributed by atoms with Crippen LogP contribution in [0.5, 0.6) is 0 Å². The van der Waals surface area contributed by atoms with Gasteiger partial charge in [0.05, 0.1) is 11.2 Å². The number of pyridine rings is 1. The molecule has 12 rings (SSSR count). The third-order valence-corrected chi connectivity index (χ3v) is 19.1. The lowest BCUT2D eigenvalue weighted by Crippen LogP contribution is -2.68. The van der Waals surface area contributed by atoms with Crippen LogP contribution in [0.4, 0.5) is 0 Å². The monoisotopic (exact) mass is 792 g/mol. The molecule has 3 aliphatic rings. The van der Waals surface area contributed by atoms with E-state index >= 15 is 0 Å². The van der Waals surface area contributed by atoms with Crippen molar-refractivity contribution in [2.24, 2.45) is 0 Å². The van der Waals surface area contributed by atoms with E-state index in [2.05, 4.69) is 205 Å². The summed E-state index contributed by atoms with van der Waals surface area (Å²) >= 11 is 1.89. The summed E-state index contributed by atoms with van der Waals surface area (Å²) < 4.78 is 4.71. The van der Waals surface area contributed by atoms with Crippen molar-refractivity contribution in [2.75, 3.05) is 0 Å². The summed E-state index contributed by atoms with van der Waals surface area (Å²) in [5.41, 5.74) is 8.45. The molecule has 3 aromatic heterocycles. The fourth-order valence-electron chi connectivity index (χ4n) is 10.5. The number of para-hydroxylation sites is 1. The summed E-state index contributed by atoms with van der Waals surface area (Å²) in [7, 11) is -2.95. The van der Waals surface area contributed by atoms with Crippen LogP contribution in [-0.4, -0.2) is 27.2 Å². The van der Waals surface area contributed by atoms with Gasteiger partial charge < -0.3 is 4.57 Å². The highest BCUT2D eigenvalue weighted by Gasteiger charge is 2.45. The Balaban J connectivity index is 1.11. The molecule has 0 N–H and O–H groups in total. The van der Waals surface area contributed by atoms with Crippen molar-refractivity contribution in [3.63, 3.8) is 0 Å². The minimum Gasteiger partial charge on any atom is -0.303 e. The number of hydrogen-bond donors (Lipinski definition) is 0. The molecule has 0 radical (unpaired) electrons. The minimum absolute atomic E-state index is 0.0991. The Morgan fingerprint density at radius 3 is 2.19 bits per heavy atom. The third-order valence-electron chi connectivity index (χ3n) is 13.2. The van der Waals surface area contributed by atoms with Crippen molar-refractivity contribution >= 4 is 57.3 Å². The van der Waals surface area contributed by atoms with Gasteiger partial charge in [0.25, 0.3) is 0 Å². The highest BCUT2D eigenvalue weighted by atomic mass is 32.2. The molecule has 0 saturated heterocycles. The lowest BCUT2D eigenvalue weighted by Gasteiger charge is -2.40. The van der Waals surface area contributed by atoms with Gasteiger partial charge in [0.2, 0.25) is 0 Å². The van der Waals surface area contributed by atoms with Gasteiger partial charge in [-0.25, -0.2) is 9.97 Å². The van der Waals surface area contributed by atoms with Gasteiger partial charge in [-0.3, -0.25) is 4.57 Å². The quantitative estimate of drug-likeness (QED) is 0.129. The molecule has 0 saturated carbocycles. The second kappa shape index (κ2) is 13.0. The van der Waals surface area contributed by atoms with E-state index < -0.39 is 8.07 Å². The van der Waals surface area contributed by atoms with Crippen molar-refractivity contribution in [3.8, 4) is 11.4 Å². The highest BCUT2D eigenvalue weighted by molar-refractivity contribution is 7.99. The van der Waals surface area contributed by atoms with Crippen molar-refractivity contribution < 1.29 is 0 Å². The average molecular weight is 793 g/mol. The summed E-state index contributed by atoms with van der Waals surface area (Å²) in [5, 5.41) is 7.80. The Labute approximate surface area is 349 Å². The first kappa shape index (κ1) is 34.6. The van der Waals surface area contributed by atoms with Crippen LogP contribution in [0.1, 0.15) is 48.2 Å². The number of nitrogens with zero attached hydrogens (tertiary/aromatic N) is 4. The molecule has 0 fully saturated rings. The molecule has 6 aromatic carbocycles. The van der Waals surface area contributed by atoms with Gasteiger partial charge >= 0.3 is 0 Å². The predicted octanol–water partition coefficient (Wildman–Crippen LogP) is 10.5. The number of rotatable bonds is 5. The van der Waals surface area contributed by atoms with Crippen LogP contribution in [-0.2, 0) is 5.41 Å². The maximum absolute atomic E-state index is 5.11. The normalized spacial score (nSPS) is 17.4. The number of imidazole rings is 1. The van der Waals surface area contributed by atoms with Crippen LogP contribution in [0.2, 0.25) is 0 Å². The summed E-state index contributed by atoms with van der Waals surface area (Å²) in [6, 6.07) is 58.8. The molecule has 0 bridgehead atoms. The molecule has 2 atom stereocenters. The number of hydrogen-bond acceptors (Lipinski definition) is 3.